The molecule has 3 N–H and O–H groups in total. The molecule has 0 radical (unpaired) electrons. The molecule has 0 aromatic carbocycles. The molecule has 7 heteroatoms. The van der Waals surface area contributed by atoms with E-state index in [-0.39, 0.29) is 11.7 Å². The summed E-state index contributed by atoms with van der Waals surface area (Å²) >= 11 is 0. The predicted octanol–water partition coefficient (Wildman–Crippen LogP) is -0.153. The molecule has 1 aromatic rings. The zero-order valence-corrected chi connectivity index (χ0v) is 10.3. The third kappa shape index (κ3) is 2.34. The number of aryl methyl sites for hydroxylation is 1. The van der Waals surface area contributed by atoms with Crippen LogP contribution in [0, 0.1) is 0 Å². The second-order valence-corrected chi connectivity index (χ2v) is 4.37. The number of nitrogens with two attached hydrogens (primary N) is 1. The standard InChI is InChI=1S/C11H17N5O2/c1-2-8-13-10(15-14-8)11(18)16-6-4-3-5-7(16)9(12)17/h7H,2-6H2,1H3,(H2,12,17)(H,13,14,15). The maximum atomic E-state index is 12.2. The van der Waals surface area contributed by atoms with Crippen LogP contribution >= 0.6 is 0 Å². The second kappa shape index (κ2) is 5.16. The molecule has 0 saturated carbocycles. The third-order valence-corrected chi connectivity index (χ3v) is 3.15. The lowest BCUT2D eigenvalue weighted by Crippen LogP contribution is -2.50. The normalized spacial score (nSPS) is 19.8. The van der Waals surface area contributed by atoms with Gasteiger partial charge in [0.25, 0.3) is 5.91 Å². The SMILES string of the molecule is CCc1nc(C(=O)N2CCCCC2C(N)=O)n[nH]1. The average molecular weight is 251 g/mol. The Morgan fingerprint density at radius 1 is 1.50 bits per heavy atom. The summed E-state index contributed by atoms with van der Waals surface area (Å²) in [5.74, 6) is -0.0188. The Bertz CT molecular complexity index is 456. The molecule has 0 aliphatic carbocycles. The summed E-state index contributed by atoms with van der Waals surface area (Å²) in [5.41, 5.74) is 5.32. The van der Waals surface area contributed by atoms with Gasteiger partial charge in [0.15, 0.2) is 0 Å². The van der Waals surface area contributed by atoms with Gasteiger partial charge in [-0.2, -0.15) is 0 Å². The van der Waals surface area contributed by atoms with Crippen molar-refractivity contribution in [2.75, 3.05) is 6.54 Å². The number of likely N-dealkylation sites (tertiary alicyclic amines) is 1. The summed E-state index contributed by atoms with van der Waals surface area (Å²) in [6.07, 6.45) is 3.08. The highest BCUT2D eigenvalue weighted by Crippen LogP contribution is 2.18. The molecule has 0 spiro atoms. The number of H-pyrrole nitrogens is 1. The van der Waals surface area contributed by atoms with E-state index in [9.17, 15) is 9.59 Å². The van der Waals surface area contributed by atoms with E-state index < -0.39 is 11.9 Å². The van der Waals surface area contributed by atoms with E-state index in [1.54, 1.807) is 0 Å². The van der Waals surface area contributed by atoms with Gasteiger partial charge >= 0.3 is 0 Å². The van der Waals surface area contributed by atoms with Crippen molar-refractivity contribution in [3.8, 4) is 0 Å². The van der Waals surface area contributed by atoms with Gasteiger partial charge in [-0.25, -0.2) is 4.98 Å². The van der Waals surface area contributed by atoms with Gasteiger partial charge in [-0.15, -0.1) is 5.10 Å². The molecular formula is C11H17N5O2. The molecule has 0 bridgehead atoms. The van der Waals surface area contributed by atoms with Crippen LogP contribution < -0.4 is 5.73 Å². The van der Waals surface area contributed by atoms with Gasteiger partial charge in [-0.05, 0) is 19.3 Å². The molecule has 7 nitrogen and oxygen atoms in total. The van der Waals surface area contributed by atoms with Crippen LogP contribution in [0.5, 0.6) is 0 Å². The molecule has 2 heterocycles. The molecule has 1 aliphatic rings. The van der Waals surface area contributed by atoms with E-state index >= 15 is 0 Å². The zero-order valence-electron chi connectivity index (χ0n) is 10.3. The number of piperidine rings is 1. The fourth-order valence-electron chi connectivity index (χ4n) is 2.15. The lowest BCUT2D eigenvalue weighted by molar-refractivity contribution is -0.123. The molecule has 1 atom stereocenters. The first-order valence-corrected chi connectivity index (χ1v) is 6.15. The molecule has 2 amide bonds. The first-order valence-electron chi connectivity index (χ1n) is 6.15. The molecule has 18 heavy (non-hydrogen) atoms. The van der Waals surface area contributed by atoms with E-state index in [4.69, 9.17) is 5.73 Å². The Labute approximate surface area is 105 Å². The molecule has 1 saturated heterocycles. The number of nitrogens with one attached hydrogen (secondary N) is 1. The minimum atomic E-state index is -0.533. The summed E-state index contributed by atoms with van der Waals surface area (Å²) in [4.78, 5) is 29.1. The quantitative estimate of drug-likeness (QED) is 0.779. The molecule has 1 aliphatic heterocycles. The van der Waals surface area contributed by atoms with Gasteiger partial charge in [-0.1, -0.05) is 6.92 Å². The number of carbonyl (C=O) groups excluding carboxylic acids is 2. The van der Waals surface area contributed by atoms with E-state index in [0.29, 0.717) is 25.2 Å². The van der Waals surface area contributed by atoms with Crippen LogP contribution in [0.2, 0.25) is 0 Å². The fraction of sp³-hybridized carbons (Fsp3) is 0.636. The molecule has 1 unspecified atom stereocenters. The number of primary amides is 1. The Hall–Kier alpha value is -1.92. The molecule has 1 fully saturated rings. The molecule has 2 rings (SSSR count). The van der Waals surface area contributed by atoms with Crippen molar-refractivity contribution in [3.05, 3.63) is 11.6 Å². The van der Waals surface area contributed by atoms with Crippen LogP contribution in [-0.2, 0) is 11.2 Å². The van der Waals surface area contributed by atoms with E-state index in [0.717, 1.165) is 12.8 Å². The first kappa shape index (κ1) is 12.5. The van der Waals surface area contributed by atoms with Gasteiger partial charge in [0.2, 0.25) is 11.7 Å². The van der Waals surface area contributed by atoms with Crippen LogP contribution in [-0.4, -0.2) is 44.5 Å². The van der Waals surface area contributed by atoms with Gasteiger partial charge in [0, 0.05) is 13.0 Å². The molecule has 1 aromatic heterocycles. The summed E-state index contributed by atoms with van der Waals surface area (Å²) in [6, 6.07) is -0.533. The minimum Gasteiger partial charge on any atom is -0.368 e. The Kier molecular flexibility index (Phi) is 3.59. The Morgan fingerprint density at radius 3 is 2.89 bits per heavy atom. The summed E-state index contributed by atoms with van der Waals surface area (Å²) in [5, 5.41) is 6.57. The van der Waals surface area contributed by atoms with Gasteiger partial charge in [0.1, 0.15) is 11.9 Å². The maximum Gasteiger partial charge on any atom is 0.294 e. The van der Waals surface area contributed by atoms with Gasteiger partial charge in [0.05, 0.1) is 0 Å². The van der Waals surface area contributed by atoms with Crippen LogP contribution in [0.3, 0.4) is 0 Å². The number of aromatic nitrogens is 3. The van der Waals surface area contributed by atoms with E-state index in [1.807, 2.05) is 6.92 Å². The van der Waals surface area contributed by atoms with Crippen molar-refractivity contribution >= 4 is 11.8 Å². The number of aromatic amines is 1. The van der Waals surface area contributed by atoms with Crippen molar-refractivity contribution in [2.45, 2.75) is 38.6 Å². The number of hydrogen-bond acceptors (Lipinski definition) is 4. The van der Waals surface area contributed by atoms with Crippen molar-refractivity contribution in [3.63, 3.8) is 0 Å². The third-order valence-electron chi connectivity index (χ3n) is 3.15. The number of carbonyl (C=O) groups is 2. The topological polar surface area (TPSA) is 105 Å². The summed E-state index contributed by atoms with van der Waals surface area (Å²) in [6.45, 7) is 2.45. The van der Waals surface area contributed by atoms with Gasteiger partial charge < -0.3 is 10.6 Å². The van der Waals surface area contributed by atoms with E-state index in [1.165, 1.54) is 4.90 Å². The van der Waals surface area contributed by atoms with Gasteiger partial charge in [-0.3, -0.25) is 14.7 Å². The first-order chi connectivity index (χ1) is 8.63. The number of nitrogens with zero attached hydrogens (tertiary/aromatic N) is 3. The molecular weight excluding hydrogens is 234 g/mol. The number of amides is 2. The smallest absolute Gasteiger partial charge is 0.294 e. The highest BCUT2D eigenvalue weighted by atomic mass is 16.2. The Balaban J connectivity index is 2.17. The van der Waals surface area contributed by atoms with E-state index in [2.05, 4.69) is 15.2 Å². The van der Waals surface area contributed by atoms with Crippen LogP contribution in [0.4, 0.5) is 0 Å². The zero-order chi connectivity index (χ0) is 13.1. The highest BCUT2D eigenvalue weighted by Gasteiger charge is 2.32. The number of rotatable bonds is 3. The van der Waals surface area contributed by atoms with Crippen molar-refractivity contribution in [1.82, 2.24) is 20.1 Å². The summed E-state index contributed by atoms with van der Waals surface area (Å²) < 4.78 is 0. The average Bonchev–Trinajstić information content (AvgIpc) is 2.86. The van der Waals surface area contributed by atoms with Crippen molar-refractivity contribution < 1.29 is 9.59 Å². The number of hydrogen-bond donors (Lipinski definition) is 2. The highest BCUT2D eigenvalue weighted by molar-refractivity contribution is 5.94. The largest absolute Gasteiger partial charge is 0.368 e. The summed E-state index contributed by atoms with van der Waals surface area (Å²) in [7, 11) is 0. The Morgan fingerprint density at radius 2 is 2.28 bits per heavy atom. The van der Waals surface area contributed by atoms with Crippen LogP contribution in [0.15, 0.2) is 0 Å². The maximum absolute atomic E-state index is 12.2. The lowest BCUT2D eigenvalue weighted by atomic mass is 10.0. The van der Waals surface area contributed by atoms with Crippen molar-refractivity contribution in [2.24, 2.45) is 5.73 Å². The van der Waals surface area contributed by atoms with Crippen molar-refractivity contribution in [1.29, 1.82) is 0 Å². The van der Waals surface area contributed by atoms with Crippen LogP contribution in [0.25, 0.3) is 0 Å². The monoisotopic (exact) mass is 251 g/mol. The predicted molar refractivity (Wildman–Crippen MR) is 63.6 cm³/mol. The minimum absolute atomic E-state index is 0.111. The fourth-order valence-corrected chi connectivity index (χ4v) is 2.15. The molecule has 98 valence electrons. The second-order valence-electron chi connectivity index (χ2n) is 4.37. The van der Waals surface area contributed by atoms with Crippen LogP contribution in [0.1, 0.15) is 42.6 Å². The lowest BCUT2D eigenvalue weighted by Gasteiger charge is -2.32.